The molecule has 9 aromatic carbocycles. The van der Waals surface area contributed by atoms with Crippen molar-refractivity contribution in [3.05, 3.63) is 205 Å². The van der Waals surface area contributed by atoms with Gasteiger partial charge >= 0.3 is 0 Å². The third-order valence-electron chi connectivity index (χ3n) is 14.4. The quantitative estimate of drug-likeness (QED) is 0.174. The summed E-state index contributed by atoms with van der Waals surface area (Å²) < 4.78 is 11.4. The second kappa shape index (κ2) is 12.9. The highest BCUT2D eigenvalue weighted by Gasteiger charge is 2.38. The fourth-order valence-electron chi connectivity index (χ4n) is 11.8. The smallest absolute Gasteiger partial charge is 0.135 e. The molecule has 2 unspecified atom stereocenters. The van der Waals surface area contributed by atoms with Gasteiger partial charge in [0.25, 0.3) is 0 Å². The third kappa shape index (κ3) is 4.71. The van der Waals surface area contributed by atoms with Crippen molar-refractivity contribution < 1.29 is 4.42 Å². The van der Waals surface area contributed by atoms with Crippen LogP contribution in [0.2, 0.25) is 0 Å². The Bertz CT molecular complexity index is 3800. The normalized spacial score (nSPS) is 15.9. The molecule has 2 atom stereocenters. The topological polar surface area (TPSA) is 23.0 Å². The molecule has 0 bridgehead atoms. The summed E-state index contributed by atoms with van der Waals surface area (Å²) in [7, 11) is 0. The zero-order valence-electron chi connectivity index (χ0n) is 34.1. The Morgan fingerprint density at radius 1 is 0.387 bits per heavy atom. The zero-order chi connectivity index (χ0) is 40.5. The molecule has 0 saturated heterocycles. The molecule has 2 aliphatic rings. The first-order chi connectivity index (χ1) is 30.8. The number of fused-ring (bicyclic) bond motifs is 16. The Hall–Kier alpha value is -7.62. The lowest BCUT2D eigenvalue weighted by molar-refractivity contribution is 0.616. The lowest BCUT2D eigenvalue weighted by atomic mass is 9.72. The Morgan fingerprint density at radius 2 is 1.05 bits per heavy atom. The molecule has 0 N–H and O–H groups in total. The van der Waals surface area contributed by atoms with E-state index in [-0.39, 0.29) is 0 Å². The largest absolute Gasteiger partial charge is 0.456 e. The fourth-order valence-corrected chi connectivity index (χ4v) is 11.8. The van der Waals surface area contributed by atoms with Gasteiger partial charge in [-0.2, -0.15) is 0 Å². The van der Waals surface area contributed by atoms with Crippen molar-refractivity contribution in [3.63, 3.8) is 0 Å². The minimum absolute atomic E-state index is 0.538. The predicted octanol–water partition coefficient (Wildman–Crippen LogP) is 16.1. The number of hydrogen-bond acceptors (Lipinski definition) is 1. The molecule has 62 heavy (non-hydrogen) atoms. The molecule has 0 amide bonds. The Labute approximate surface area is 358 Å². The fraction of sp³-hybridized carbons (Fsp3) is 0.0847. The molecule has 3 nitrogen and oxygen atoms in total. The van der Waals surface area contributed by atoms with Crippen molar-refractivity contribution in [2.24, 2.45) is 0 Å². The van der Waals surface area contributed by atoms with Crippen LogP contribution in [-0.4, -0.2) is 9.13 Å². The summed E-state index contributed by atoms with van der Waals surface area (Å²) in [5, 5.41) is 7.34. The zero-order valence-corrected chi connectivity index (χ0v) is 34.1. The predicted molar refractivity (Wildman–Crippen MR) is 258 cm³/mol. The summed E-state index contributed by atoms with van der Waals surface area (Å²) >= 11 is 0. The number of nitrogens with zero attached hydrogens (tertiary/aromatic N) is 2. The molecule has 3 heterocycles. The van der Waals surface area contributed by atoms with Crippen molar-refractivity contribution in [2.75, 3.05) is 0 Å². The SMILES string of the molecule is c1ccc(-c2cccc(-n3c4ccccc4c4c5c6c(-c7ccc8oc9ccccc9c8c7)cccc6n(-c6cccc7c6-c6ccccc6C6CCCC76)c5ccc43)c2)cc1. The third-order valence-corrected chi connectivity index (χ3v) is 14.4. The minimum Gasteiger partial charge on any atom is -0.456 e. The molecular weight excluding hydrogens is 753 g/mol. The number of furan rings is 1. The summed E-state index contributed by atoms with van der Waals surface area (Å²) in [6.07, 6.45) is 3.78. The van der Waals surface area contributed by atoms with Crippen LogP contribution in [0.1, 0.15) is 42.2 Å². The molecule has 3 heteroatoms. The van der Waals surface area contributed by atoms with Crippen molar-refractivity contribution >= 4 is 65.6 Å². The molecule has 2 aliphatic carbocycles. The molecule has 12 aromatic rings. The van der Waals surface area contributed by atoms with E-state index in [4.69, 9.17) is 4.42 Å². The van der Waals surface area contributed by atoms with Gasteiger partial charge in [0.05, 0.1) is 27.8 Å². The molecule has 3 aromatic heterocycles. The van der Waals surface area contributed by atoms with Crippen LogP contribution in [0.3, 0.4) is 0 Å². The van der Waals surface area contributed by atoms with Crippen molar-refractivity contribution in [3.8, 4) is 44.8 Å². The number of aromatic nitrogens is 2. The van der Waals surface area contributed by atoms with Crippen LogP contribution in [0.15, 0.2) is 199 Å². The molecule has 1 saturated carbocycles. The second-order valence-electron chi connectivity index (χ2n) is 17.4. The van der Waals surface area contributed by atoms with E-state index in [2.05, 4.69) is 197 Å². The molecule has 292 valence electrons. The monoisotopic (exact) mass is 792 g/mol. The first-order valence-corrected chi connectivity index (χ1v) is 22.1. The van der Waals surface area contributed by atoms with Gasteiger partial charge in [-0.25, -0.2) is 0 Å². The Morgan fingerprint density at radius 3 is 1.97 bits per heavy atom. The first kappa shape index (κ1) is 34.1. The maximum absolute atomic E-state index is 6.35. The molecule has 0 aliphatic heterocycles. The van der Waals surface area contributed by atoms with Gasteiger partial charge in [-0.15, -0.1) is 0 Å². The standard InChI is InChI=1S/C59H40N2O/c1-2-14-36(15-3-1)37-16-10-17-39(34-37)60-49-26-8-6-21-47(49)58-52(60)31-32-53-59(58)57-40(38-30-33-55-48(35-38)44-19-7-9-29-54(44)62-55)22-12-28-51(57)61(53)50-27-13-25-46-43-24-11-23-41(43)42-18-4-5-20-45(42)56(46)50/h1-10,12-22,25-35,41,43H,11,23-24H2. The minimum atomic E-state index is 0.538. The number of rotatable bonds is 4. The van der Waals surface area contributed by atoms with Crippen molar-refractivity contribution in [1.29, 1.82) is 0 Å². The summed E-state index contributed by atoms with van der Waals surface area (Å²) in [5.41, 5.74) is 19.7. The van der Waals surface area contributed by atoms with Crippen LogP contribution in [-0.2, 0) is 0 Å². The molecule has 0 spiro atoms. The van der Waals surface area contributed by atoms with Gasteiger partial charge in [0, 0.05) is 43.6 Å². The van der Waals surface area contributed by atoms with E-state index in [0.29, 0.717) is 11.8 Å². The number of para-hydroxylation sites is 2. The molecule has 0 radical (unpaired) electrons. The highest BCUT2D eigenvalue weighted by atomic mass is 16.3. The maximum Gasteiger partial charge on any atom is 0.135 e. The van der Waals surface area contributed by atoms with Gasteiger partial charge in [-0.3, -0.25) is 0 Å². The summed E-state index contributed by atoms with van der Waals surface area (Å²) in [6, 6.07) is 72.0. The van der Waals surface area contributed by atoms with Crippen LogP contribution in [0.4, 0.5) is 0 Å². The molecule has 14 rings (SSSR count). The van der Waals surface area contributed by atoms with Gasteiger partial charge in [-0.1, -0.05) is 140 Å². The Balaban J connectivity index is 1.13. The van der Waals surface area contributed by atoms with Crippen LogP contribution >= 0.6 is 0 Å². The van der Waals surface area contributed by atoms with Crippen LogP contribution in [0.5, 0.6) is 0 Å². The Kier molecular flexibility index (Phi) is 7.12. The van der Waals surface area contributed by atoms with Gasteiger partial charge in [-0.05, 0) is 124 Å². The second-order valence-corrected chi connectivity index (χ2v) is 17.4. The van der Waals surface area contributed by atoms with Gasteiger partial charge in [0.1, 0.15) is 11.2 Å². The average molecular weight is 793 g/mol. The van der Waals surface area contributed by atoms with Gasteiger partial charge < -0.3 is 13.6 Å². The highest BCUT2D eigenvalue weighted by molar-refractivity contribution is 6.31. The first-order valence-electron chi connectivity index (χ1n) is 22.1. The lowest BCUT2D eigenvalue weighted by Gasteiger charge is -2.33. The van der Waals surface area contributed by atoms with E-state index in [0.717, 1.165) is 27.6 Å². The number of hydrogen-bond donors (Lipinski definition) is 0. The number of benzene rings is 9. The van der Waals surface area contributed by atoms with E-state index in [1.54, 1.807) is 0 Å². The van der Waals surface area contributed by atoms with Gasteiger partial charge in [0.15, 0.2) is 0 Å². The maximum atomic E-state index is 6.35. The van der Waals surface area contributed by atoms with Gasteiger partial charge in [0.2, 0.25) is 0 Å². The van der Waals surface area contributed by atoms with E-state index >= 15 is 0 Å². The van der Waals surface area contributed by atoms with E-state index in [1.165, 1.54) is 113 Å². The van der Waals surface area contributed by atoms with Crippen LogP contribution < -0.4 is 0 Å². The summed E-state index contributed by atoms with van der Waals surface area (Å²) in [5.74, 6) is 1.12. The van der Waals surface area contributed by atoms with Crippen LogP contribution in [0, 0.1) is 0 Å². The lowest BCUT2D eigenvalue weighted by Crippen LogP contribution is -2.15. The molecular formula is C59H40N2O. The summed E-state index contributed by atoms with van der Waals surface area (Å²) in [6.45, 7) is 0. The van der Waals surface area contributed by atoms with Crippen molar-refractivity contribution in [2.45, 2.75) is 31.1 Å². The average Bonchev–Trinajstić information content (AvgIpc) is 4.13. The molecule has 1 fully saturated rings. The van der Waals surface area contributed by atoms with E-state index in [1.807, 2.05) is 6.07 Å². The van der Waals surface area contributed by atoms with E-state index in [9.17, 15) is 0 Å². The van der Waals surface area contributed by atoms with Crippen LogP contribution in [0.25, 0.3) is 110 Å². The van der Waals surface area contributed by atoms with E-state index < -0.39 is 0 Å². The van der Waals surface area contributed by atoms with Crippen molar-refractivity contribution in [1.82, 2.24) is 9.13 Å². The summed E-state index contributed by atoms with van der Waals surface area (Å²) in [4.78, 5) is 0. The highest BCUT2D eigenvalue weighted by Crippen LogP contribution is 2.57.